The Kier molecular flexibility index (Phi) is 6.34. The lowest BCUT2D eigenvalue weighted by Crippen LogP contribution is -2.41. The Morgan fingerprint density at radius 1 is 1.41 bits per heavy atom. The maximum Gasteiger partial charge on any atom is 0.339 e. The van der Waals surface area contributed by atoms with Gasteiger partial charge in [0.05, 0.1) is 17.6 Å². The molecule has 0 aliphatic carbocycles. The average molecular weight is 350 g/mol. The van der Waals surface area contributed by atoms with Gasteiger partial charge in [-0.1, -0.05) is 24.9 Å². The fourth-order valence-electron chi connectivity index (χ4n) is 1.78. The number of carboxylic acids is 1. The predicted octanol–water partition coefficient (Wildman–Crippen LogP) is 1.66. The van der Waals surface area contributed by atoms with E-state index in [1.165, 1.54) is 6.07 Å². The van der Waals surface area contributed by atoms with Crippen LogP contribution in [0.1, 0.15) is 30.1 Å². The smallest absolute Gasteiger partial charge is 0.339 e. The lowest BCUT2D eigenvalue weighted by molar-refractivity contribution is -0.139. The van der Waals surface area contributed by atoms with Crippen LogP contribution in [0.15, 0.2) is 23.1 Å². The van der Waals surface area contributed by atoms with Gasteiger partial charge in [-0.15, -0.1) is 0 Å². The molecule has 1 aromatic rings. The van der Waals surface area contributed by atoms with Gasteiger partial charge in [0.2, 0.25) is 10.0 Å². The number of ether oxygens (including phenoxy) is 1. The number of carbonyl (C=O) groups excluding carboxylic acids is 1. The number of carbonyl (C=O) groups is 2. The molecule has 9 heteroatoms. The van der Waals surface area contributed by atoms with Crippen LogP contribution in [0.5, 0.6) is 0 Å². The van der Waals surface area contributed by atoms with Crippen LogP contribution in [-0.4, -0.2) is 38.6 Å². The fraction of sp³-hybridized carbons (Fsp3) is 0.385. The molecule has 122 valence electrons. The van der Waals surface area contributed by atoms with Crippen LogP contribution in [0.2, 0.25) is 5.02 Å². The number of aliphatic carboxylic acids is 1. The molecule has 0 aliphatic heterocycles. The third kappa shape index (κ3) is 4.43. The number of nitrogens with one attached hydrogen (secondary N) is 1. The van der Waals surface area contributed by atoms with E-state index in [4.69, 9.17) is 16.7 Å². The van der Waals surface area contributed by atoms with Gasteiger partial charge in [0.25, 0.3) is 0 Å². The summed E-state index contributed by atoms with van der Waals surface area (Å²) in [5, 5.41) is 9.20. The summed E-state index contributed by atoms with van der Waals surface area (Å²) in [5.74, 6) is -2.18. The highest BCUT2D eigenvalue weighted by molar-refractivity contribution is 7.89. The Bertz CT molecular complexity index is 673. The topological polar surface area (TPSA) is 110 Å². The maximum absolute atomic E-state index is 12.3. The van der Waals surface area contributed by atoms with Crippen molar-refractivity contribution in [1.82, 2.24) is 4.72 Å². The number of hydrogen-bond acceptors (Lipinski definition) is 5. The van der Waals surface area contributed by atoms with Crippen molar-refractivity contribution in [1.29, 1.82) is 0 Å². The Morgan fingerprint density at radius 3 is 2.55 bits per heavy atom. The second kappa shape index (κ2) is 7.57. The van der Waals surface area contributed by atoms with Gasteiger partial charge in [-0.3, -0.25) is 4.79 Å². The zero-order valence-electron chi connectivity index (χ0n) is 12.0. The first-order chi connectivity index (χ1) is 10.2. The highest BCUT2D eigenvalue weighted by Crippen LogP contribution is 2.22. The molecule has 0 heterocycles. The minimum Gasteiger partial charge on any atom is -0.480 e. The standard InChI is InChI=1S/C13H16ClNO6S/c1-3-4-10(12(16)17)15-22(19,20)11-6-5-8(14)7-9(11)13(18)21-2/h5-7,10,15H,3-4H2,1-2H3,(H,16,17). The summed E-state index contributed by atoms with van der Waals surface area (Å²) in [7, 11) is -3.12. The van der Waals surface area contributed by atoms with Gasteiger partial charge in [-0.05, 0) is 24.6 Å². The molecule has 0 amide bonds. The molecule has 2 N–H and O–H groups in total. The second-order valence-corrected chi connectivity index (χ2v) is 6.55. The average Bonchev–Trinajstić information content (AvgIpc) is 2.45. The van der Waals surface area contributed by atoms with E-state index in [0.29, 0.717) is 6.42 Å². The van der Waals surface area contributed by atoms with E-state index < -0.39 is 28.0 Å². The van der Waals surface area contributed by atoms with Crippen molar-refractivity contribution in [2.24, 2.45) is 0 Å². The largest absolute Gasteiger partial charge is 0.480 e. The number of methoxy groups -OCH3 is 1. The van der Waals surface area contributed by atoms with E-state index in [9.17, 15) is 18.0 Å². The molecule has 0 aromatic heterocycles. The Hall–Kier alpha value is -1.64. The van der Waals surface area contributed by atoms with Crippen LogP contribution in [0.25, 0.3) is 0 Å². The molecular weight excluding hydrogens is 334 g/mol. The first-order valence-corrected chi connectivity index (χ1v) is 8.22. The zero-order valence-corrected chi connectivity index (χ0v) is 13.6. The minimum atomic E-state index is -4.22. The van der Waals surface area contributed by atoms with E-state index in [2.05, 4.69) is 9.46 Å². The first kappa shape index (κ1) is 18.4. The lowest BCUT2D eigenvalue weighted by atomic mass is 10.2. The molecule has 0 fully saturated rings. The molecular formula is C13H16ClNO6S. The monoisotopic (exact) mass is 349 g/mol. The van der Waals surface area contributed by atoms with Gasteiger partial charge in [0, 0.05) is 5.02 Å². The van der Waals surface area contributed by atoms with Crippen LogP contribution < -0.4 is 4.72 Å². The number of esters is 1. The maximum atomic E-state index is 12.3. The van der Waals surface area contributed by atoms with Crippen LogP contribution >= 0.6 is 11.6 Å². The number of sulfonamides is 1. The zero-order chi connectivity index (χ0) is 16.9. The van der Waals surface area contributed by atoms with Crippen molar-refractivity contribution in [2.45, 2.75) is 30.7 Å². The predicted molar refractivity (Wildman–Crippen MR) is 79.4 cm³/mol. The number of hydrogen-bond donors (Lipinski definition) is 2. The molecule has 1 rings (SSSR count). The van der Waals surface area contributed by atoms with E-state index in [-0.39, 0.29) is 21.9 Å². The van der Waals surface area contributed by atoms with Crippen molar-refractivity contribution in [2.75, 3.05) is 7.11 Å². The highest BCUT2D eigenvalue weighted by atomic mass is 35.5. The summed E-state index contributed by atoms with van der Waals surface area (Å²) in [6.07, 6.45) is 0.597. The molecule has 22 heavy (non-hydrogen) atoms. The highest BCUT2D eigenvalue weighted by Gasteiger charge is 2.28. The molecule has 0 saturated heterocycles. The lowest BCUT2D eigenvalue weighted by Gasteiger charge is -2.15. The molecule has 0 radical (unpaired) electrons. The van der Waals surface area contributed by atoms with E-state index in [1.807, 2.05) is 0 Å². The minimum absolute atomic E-state index is 0.121. The number of halogens is 1. The first-order valence-electron chi connectivity index (χ1n) is 6.36. The van der Waals surface area contributed by atoms with Crippen LogP contribution in [-0.2, 0) is 19.6 Å². The molecule has 1 atom stereocenters. The molecule has 1 unspecified atom stereocenters. The van der Waals surface area contributed by atoms with Crippen molar-refractivity contribution < 1.29 is 27.9 Å². The van der Waals surface area contributed by atoms with Gasteiger partial charge in [-0.2, -0.15) is 4.72 Å². The molecule has 0 bridgehead atoms. The van der Waals surface area contributed by atoms with Crippen LogP contribution in [0.4, 0.5) is 0 Å². The summed E-state index contributed by atoms with van der Waals surface area (Å²) in [4.78, 5) is 22.4. The summed E-state index contributed by atoms with van der Waals surface area (Å²) < 4.78 is 31.3. The van der Waals surface area contributed by atoms with Gasteiger partial charge in [0.1, 0.15) is 6.04 Å². The fourth-order valence-corrected chi connectivity index (χ4v) is 3.35. The molecule has 0 spiro atoms. The molecule has 0 saturated carbocycles. The third-order valence-electron chi connectivity index (χ3n) is 2.81. The summed E-state index contributed by atoms with van der Waals surface area (Å²) >= 11 is 5.76. The summed E-state index contributed by atoms with van der Waals surface area (Å²) in [6.45, 7) is 1.73. The Morgan fingerprint density at radius 2 is 2.05 bits per heavy atom. The number of benzene rings is 1. The number of carboxylic acid groups (broad SMARTS) is 1. The van der Waals surface area contributed by atoms with Crippen molar-refractivity contribution in [3.05, 3.63) is 28.8 Å². The quantitative estimate of drug-likeness (QED) is 0.724. The van der Waals surface area contributed by atoms with Gasteiger partial charge in [-0.25, -0.2) is 13.2 Å². The third-order valence-corrected chi connectivity index (χ3v) is 4.57. The van der Waals surface area contributed by atoms with Crippen molar-refractivity contribution in [3.63, 3.8) is 0 Å². The Labute approximate surface area is 133 Å². The van der Waals surface area contributed by atoms with Gasteiger partial charge < -0.3 is 9.84 Å². The van der Waals surface area contributed by atoms with Crippen molar-refractivity contribution in [3.8, 4) is 0 Å². The molecule has 7 nitrogen and oxygen atoms in total. The second-order valence-electron chi connectivity index (χ2n) is 4.43. The molecule has 0 aliphatic rings. The van der Waals surface area contributed by atoms with Crippen LogP contribution in [0.3, 0.4) is 0 Å². The van der Waals surface area contributed by atoms with E-state index in [0.717, 1.165) is 19.2 Å². The molecule has 1 aromatic carbocycles. The normalized spacial score (nSPS) is 12.7. The Balaban J connectivity index is 3.28. The van der Waals surface area contributed by atoms with Crippen molar-refractivity contribution >= 4 is 33.6 Å². The summed E-state index contributed by atoms with van der Waals surface area (Å²) in [5.41, 5.74) is -0.261. The van der Waals surface area contributed by atoms with E-state index in [1.54, 1.807) is 6.92 Å². The van der Waals surface area contributed by atoms with Gasteiger partial charge in [0.15, 0.2) is 0 Å². The SMILES string of the molecule is CCCC(NS(=O)(=O)c1ccc(Cl)cc1C(=O)OC)C(=O)O. The van der Waals surface area contributed by atoms with Gasteiger partial charge >= 0.3 is 11.9 Å². The number of rotatable bonds is 7. The van der Waals surface area contributed by atoms with Crippen LogP contribution in [0, 0.1) is 0 Å². The van der Waals surface area contributed by atoms with E-state index >= 15 is 0 Å². The summed E-state index contributed by atoms with van der Waals surface area (Å²) in [6, 6.07) is 2.29.